The number of aromatic hydroxyl groups is 2. The van der Waals surface area contributed by atoms with E-state index in [1.165, 1.54) is 0 Å². The Labute approximate surface area is 125 Å². The van der Waals surface area contributed by atoms with Crippen LogP contribution in [-0.4, -0.2) is 24.3 Å². The first-order valence-electron chi connectivity index (χ1n) is 7.04. The van der Waals surface area contributed by atoms with Crippen molar-refractivity contribution in [1.29, 1.82) is 0 Å². The lowest BCUT2D eigenvalue weighted by Gasteiger charge is -2.10. The molecular formula is C17H22N2O2. The van der Waals surface area contributed by atoms with Gasteiger partial charge in [0.1, 0.15) is 11.5 Å². The third kappa shape index (κ3) is 3.97. The minimum Gasteiger partial charge on any atom is -0.508 e. The van der Waals surface area contributed by atoms with E-state index in [-0.39, 0.29) is 0 Å². The average Bonchev–Trinajstić information content (AvgIpc) is 2.47. The standard InChI is InChI=1S/C17H22N2O2/c1-18-10-14-8-12(3-5-16(14)20)7-13-4-6-17(21)15(9-13)11-19-2/h3-6,8-9,18-21H,7,10-11H2,1-2H3. The Morgan fingerprint density at radius 3 is 1.57 bits per heavy atom. The topological polar surface area (TPSA) is 64.5 Å². The van der Waals surface area contributed by atoms with Crippen molar-refractivity contribution in [2.75, 3.05) is 14.1 Å². The van der Waals surface area contributed by atoms with Crippen LogP contribution in [0.3, 0.4) is 0 Å². The molecule has 112 valence electrons. The number of nitrogens with one attached hydrogen (secondary N) is 2. The zero-order valence-electron chi connectivity index (χ0n) is 12.5. The van der Waals surface area contributed by atoms with Crippen LogP contribution >= 0.6 is 0 Å². The lowest BCUT2D eigenvalue weighted by Crippen LogP contribution is -2.06. The quantitative estimate of drug-likeness (QED) is 0.657. The molecule has 4 heteroatoms. The number of benzene rings is 2. The molecule has 2 aromatic rings. The maximum absolute atomic E-state index is 9.80. The lowest BCUT2D eigenvalue weighted by molar-refractivity contribution is 0.466. The summed E-state index contributed by atoms with van der Waals surface area (Å²) < 4.78 is 0. The first-order chi connectivity index (χ1) is 10.1. The van der Waals surface area contributed by atoms with E-state index in [0.29, 0.717) is 24.6 Å². The Kier molecular flexibility index (Phi) is 5.20. The molecule has 0 spiro atoms. The maximum Gasteiger partial charge on any atom is 0.120 e. The summed E-state index contributed by atoms with van der Waals surface area (Å²) in [6, 6.07) is 11.3. The molecule has 21 heavy (non-hydrogen) atoms. The van der Waals surface area contributed by atoms with Gasteiger partial charge in [-0.05, 0) is 43.8 Å². The van der Waals surface area contributed by atoms with Gasteiger partial charge in [-0.25, -0.2) is 0 Å². The van der Waals surface area contributed by atoms with E-state index in [2.05, 4.69) is 10.6 Å². The maximum atomic E-state index is 9.80. The molecule has 2 aromatic carbocycles. The summed E-state index contributed by atoms with van der Waals surface area (Å²) in [5.41, 5.74) is 4.06. The molecule has 0 saturated carbocycles. The third-order valence-electron chi connectivity index (χ3n) is 3.43. The normalized spacial score (nSPS) is 10.8. The van der Waals surface area contributed by atoms with Gasteiger partial charge in [0.25, 0.3) is 0 Å². The number of hydrogen-bond acceptors (Lipinski definition) is 4. The van der Waals surface area contributed by atoms with Crippen molar-refractivity contribution in [2.24, 2.45) is 0 Å². The third-order valence-corrected chi connectivity index (χ3v) is 3.43. The summed E-state index contributed by atoms with van der Waals surface area (Å²) >= 11 is 0. The summed E-state index contributed by atoms with van der Waals surface area (Å²) in [5.74, 6) is 0.629. The van der Waals surface area contributed by atoms with Gasteiger partial charge in [0.05, 0.1) is 0 Å². The highest BCUT2D eigenvalue weighted by atomic mass is 16.3. The van der Waals surface area contributed by atoms with E-state index in [1.54, 1.807) is 12.1 Å². The summed E-state index contributed by atoms with van der Waals surface area (Å²) in [6.45, 7) is 1.28. The van der Waals surface area contributed by atoms with E-state index in [9.17, 15) is 10.2 Å². The SMILES string of the molecule is CNCc1cc(Cc2ccc(O)c(CNC)c2)ccc1O. The van der Waals surface area contributed by atoms with Crippen molar-refractivity contribution >= 4 is 0 Å². The Bertz CT molecular complexity index is 558. The van der Waals surface area contributed by atoms with Crippen LogP contribution in [0.2, 0.25) is 0 Å². The zero-order valence-corrected chi connectivity index (χ0v) is 12.5. The molecule has 0 atom stereocenters. The minimum atomic E-state index is 0.315. The van der Waals surface area contributed by atoms with Crippen LogP contribution in [0.5, 0.6) is 11.5 Å². The van der Waals surface area contributed by atoms with Crippen LogP contribution < -0.4 is 10.6 Å². The van der Waals surface area contributed by atoms with Gasteiger partial charge < -0.3 is 20.8 Å². The van der Waals surface area contributed by atoms with Crippen molar-refractivity contribution in [3.8, 4) is 11.5 Å². The van der Waals surface area contributed by atoms with E-state index >= 15 is 0 Å². The van der Waals surface area contributed by atoms with Crippen molar-refractivity contribution in [2.45, 2.75) is 19.5 Å². The first-order valence-corrected chi connectivity index (χ1v) is 7.04. The Morgan fingerprint density at radius 1 is 0.762 bits per heavy atom. The second-order valence-electron chi connectivity index (χ2n) is 5.16. The second-order valence-corrected chi connectivity index (χ2v) is 5.16. The highest BCUT2D eigenvalue weighted by Crippen LogP contribution is 2.23. The molecule has 0 saturated heterocycles. The Morgan fingerprint density at radius 2 is 1.19 bits per heavy atom. The first kappa shape index (κ1) is 15.4. The molecule has 0 aromatic heterocycles. The fraction of sp³-hybridized carbons (Fsp3) is 0.294. The molecule has 0 aliphatic rings. The van der Waals surface area contributed by atoms with Crippen molar-refractivity contribution in [1.82, 2.24) is 10.6 Å². The van der Waals surface area contributed by atoms with Gasteiger partial charge in [-0.15, -0.1) is 0 Å². The molecule has 0 amide bonds. The highest BCUT2D eigenvalue weighted by Gasteiger charge is 2.06. The van der Waals surface area contributed by atoms with Gasteiger partial charge in [0, 0.05) is 24.2 Å². The highest BCUT2D eigenvalue weighted by molar-refractivity contribution is 5.41. The van der Waals surface area contributed by atoms with E-state index < -0.39 is 0 Å². The van der Waals surface area contributed by atoms with Crippen LogP contribution in [0.4, 0.5) is 0 Å². The molecule has 0 radical (unpaired) electrons. The molecule has 0 aliphatic heterocycles. The van der Waals surface area contributed by atoms with Gasteiger partial charge in [-0.2, -0.15) is 0 Å². The summed E-state index contributed by atoms with van der Waals surface area (Å²) in [6.07, 6.45) is 0.772. The van der Waals surface area contributed by atoms with Crippen LogP contribution in [0.1, 0.15) is 22.3 Å². The van der Waals surface area contributed by atoms with Gasteiger partial charge in [0.2, 0.25) is 0 Å². The molecule has 0 aliphatic carbocycles. The molecule has 0 fully saturated rings. The van der Waals surface area contributed by atoms with Crippen molar-refractivity contribution in [3.05, 3.63) is 58.7 Å². The zero-order chi connectivity index (χ0) is 15.2. The molecule has 4 nitrogen and oxygen atoms in total. The molecular weight excluding hydrogens is 264 g/mol. The van der Waals surface area contributed by atoms with Crippen molar-refractivity contribution in [3.63, 3.8) is 0 Å². The number of rotatable bonds is 6. The summed E-state index contributed by atoms with van der Waals surface area (Å²) in [4.78, 5) is 0. The summed E-state index contributed by atoms with van der Waals surface area (Å²) in [7, 11) is 3.71. The van der Waals surface area contributed by atoms with Gasteiger partial charge in [-0.3, -0.25) is 0 Å². The lowest BCUT2D eigenvalue weighted by atomic mass is 10.00. The molecule has 0 heterocycles. The van der Waals surface area contributed by atoms with E-state index in [4.69, 9.17) is 0 Å². The smallest absolute Gasteiger partial charge is 0.120 e. The minimum absolute atomic E-state index is 0.315. The predicted molar refractivity (Wildman–Crippen MR) is 84.5 cm³/mol. The van der Waals surface area contributed by atoms with Gasteiger partial charge >= 0.3 is 0 Å². The molecule has 0 unspecified atom stereocenters. The fourth-order valence-electron chi connectivity index (χ4n) is 2.40. The largest absolute Gasteiger partial charge is 0.508 e. The van der Waals surface area contributed by atoms with E-state index in [0.717, 1.165) is 28.7 Å². The average molecular weight is 286 g/mol. The molecule has 4 N–H and O–H groups in total. The molecule has 2 rings (SSSR count). The molecule has 0 bridgehead atoms. The predicted octanol–water partition coefficient (Wildman–Crippen LogP) is 2.13. The van der Waals surface area contributed by atoms with Crippen molar-refractivity contribution < 1.29 is 10.2 Å². The summed E-state index contributed by atoms with van der Waals surface area (Å²) in [5, 5.41) is 25.7. The van der Waals surface area contributed by atoms with Crippen LogP contribution in [0, 0.1) is 0 Å². The second kappa shape index (κ2) is 7.11. The van der Waals surface area contributed by atoms with Crippen LogP contribution in [0.15, 0.2) is 36.4 Å². The monoisotopic (exact) mass is 286 g/mol. The Balaban J connectivity index is 2.21. The van der Waals surface area contributed by atoms with Crippen LogP contribution in [0.25, 0.3) is 0 Å². The number of phenolic OH excluding ortho intramolecular Hbond substituents is 2. The Hall–Kier alpha value is -2.04. The fourth-order valence-corrected chi connectivity index (χ4v) is 2.40. The van der Waals surface area contributed by atoms with E-state index in [1.807, 2.05) is 38.4 Å². The van der Waals surface area contributed by atoms with Gasteiger partial charge in [-0.1, -0.05) is 24.3 Å². The van der Waals surface area contributed by atoms with Crippen LogP contribution in [-0.2, 0) is 19.5 Å². The van der Waals surface area contributed by atoms with Gasteiger partial charge in [0.15, 0.2) is 0 Å². The number of hydrogen-bond donors (Lipinski definition) is 4. The number of phenols is 2.